The molecule has 1 aliphatic heterocycles. The lowest BCUT2D eigenvalue weighted by molar-refractivity contribution is 0.102. The highest BCUT2D eigenvalue weighted by Gasteiger charge is 2.59. The zero-order chi connectivity index (χ0) is 23.5. The van der Waals surface area contributed by atoms with Gasteiger partial charge in [-0.1, -0.05) is 0 Å². The van der Waals surface area contributed by atoms with Gasteiger partial charge in [-0.2, -0.15) is 4.98 Å². The molecule has 1 unspecified atom stereocenters. The van der Waals surface area contributed by atoms with Gasteiger partial charge in [-0.05, 0) is 44.6 Å². The number of sulfonamides is 1. The lowest BCUT2D eigenvalue weighted by atomic mass is 9.97. The molecule has 3 heterocycles. The molecule has 3 fully saturated rings. The number of hydrogen-bond acceptors (Lipinski definition) is 7. The molecule has 5 rings (SSSR count). The Bertz CT molecular complexity index is 1240. The van der Waals surface area contributed by atoms with Gasteiger partial charge >= 0.3 is 0 Å². The van der Waals surface area contributed by atoms with Crippen molar-refractivity contribution in [2.45, 2.75) is 63.1 Å². The number of rotatable bonds is 5. The van der Waals surface area contributed by atoms with Gasteiger partial charge in [0.05, 0.1) is 17.9 Å². The lowest BCUT2D eigenvalue weighted by Crippen LogP contribution is -2.42. The molecule has 180 valence electrons. The number of fused-ring (bicyclic) bond motifs is 1. The van der Waals surface area contributed by atoms with Crippen molar-refractivity contribution in [2.75, 3.05) is 24.7 Å². The van der Waals surface area contributed by atoms with Crippen LogP contribution in [0.1, 0.15) is 56.6 Å². The van der Waals surface area contributed by atoms with Crippen LogP contribution in [0.4, 0.5) is 14.7 Å². The second kappa shape index (κ2) is 7.95. The molecule has 3 aliphatic rings. The van der Waals surface area contributed by atoms with Gasteiger partial charge in [0.25, 0.3) is 12.0 Å². The molecule has 2 aromatic rings. The van der Waals surface area contributed by atoms with E-state index in [9.17, 15) is 27.1 Å². The summed E-state index contributed by atoms with van der Waals surface area (Å²) < 4.78 is 53.5. The zero-order valence-electron chi connectivity index (χ0n) is 18.2. The van der Waals surface area contributed by atoms with Crippen molar-refractivity contribution in [1.82, 2.24) is 18.8 Å². The number of piperidine rings is 1. The van der Waals surface area contributed by atoms with Crippen LogP contribution in [0.2, 0.25) is 0 Å². The highest BCUT2D eigenvalue weighted by molar-refractivity contribution is 7.88. The molecule has 0 radical (unpaired) electrons. The average molecular weight is 484 g/mol. The molecule has 2 N–H and O–H groups in total. The standard InChI is InChI=1S/C21H27F2N5O4S/c1-33(31,32)27-8-4-13(5-9-27)25-20-24-11-12-10-14(17(22)23)19(30)28(18(12)26-20)15-2-3-16(29)21(15)6-7-21/h10-11,13,15-17,29H,2-9H2,1H3,(H,24,25,26)/t15-,16?/m1/s1. The summed E-state index contributed by atoms with van der Waals surface area (Å²) >= 11 is 0. The third-order valence-electron chi connectivity index (χ3n) is 7.47. The van der Waals surface area contributed by atoms with Crippen LogP contribution in [0, 0.1) is 5.41 Å². The maximum absolute atomic E-state index is 13.6. The first kappa shape index (κ1) is 22.6. The van der Waals surface area contributed by atoms with Crippen LogP contribution in [-0.4, -0.2) is 63.9 Å². The monoisotopic (exact) mass is 483 g/mol. The van der Waals surface area contributed by atoms with Crippen LogP contribution in [0.15, 0.2) is 17.1 Å². The molecule has 1 saturated heterocycles. The molecule has 9 nitrogen and oxygen atoms in total. The van der Waals surface area contributed by atoms with E-state index in [4.69, 9.17) is 0 Å². The van der Waals surface area contributed by atoms with Gasteiger partial charge in [-0.3, -0.25) is 9.36 Å². The van der Waals surface area contributed by atoms with Crippen molar-refractivity contribution in [3.05, 3.63) is 28.2 Å². The van der Waals surface area contributed by atoms with E-state index in [-0.39, 0.29) is 23.7 Å². The highest BCUT2D eigenvalue weighted by atomic mass is 32.2. The van der Waals surface area contributed by atoms with Crippen LogP contribution in [0.5, 0.6) is 0 Å². The molecule has 2 aliphatic carbocycles. The summed E-state index contributed by atoms with van der Waals surface area (Å²) in [6.07, 6.45) is 2.84. The smallest absolute Gasteiger partial charge is 0.269 e. The first-order chi connectivity index (χ1) is 15.6. The molecule has 33 heavy (non-hydrogen) atoms. The summed E-state index contributed by atoms with van der Waals surface area (Å²) in [5.74, 6) is 0.265. The minimum Gasteiger partial charge on any atom is -0.392 e. The second-order valence-corrected chi connectivity index (χ2v) is 11.5. The molecular formula is C21H27F2N5O4S. The van der Waals surface area contributed by atoms with E-state index in [1.54, 1.807) is 0 Å². The average Bonchev–Trinajstić information content (AvgIpc) is 3.50. The Kier molecular flexibility index (Phi) is 5.44. The molecule has 2 atom stereocenters. The Morgan fingerprint density at radius 1 is 1.21 bits per heavy atom. The molecule has 2 saturated carbocycles. The normalized spacial score (nSPS) is 25.8. The van der Waals surface area contributed by atoms with Gasteiger partial charge in [0.1, 0.15) is 5.65 Å². The number of aromatic nitrogens is 3. The van der Waals surface area contributed by atoms with E-state index >= 15 is 0 Å². The van der Waals surface area contributed by atoms with E-state index in [1.165, 1.54) is 21.3 Å². The summed E-state index contributed by atoms with van der Waals surface area (Å²) in [4.78, 5) is 21.9. The first-order valence-electron chi connectivity index (χ1n) is 11.2. The molecule has 12 heteroatoms. The number of hydrogen-bond donors (Lipinski definition) is 2. The van der Waals surface area contributed by atoms with Crippen molar-refractivity contribution < 1.29 is 22.3 Å². The number of aliphatic hydroxyl groups is 1. The molecule has 0 amide bonds. The number of halogens is 2. The Morgan fingerprint density at radius 3 is 2.52 bits per heavy atom. The number of pyridine rings is 1. The summed E-state index contributed by atoms with van der Waals surface area (Å²) in [7, 11) is -3.24. The summed E-state index contributed by atoms with van der Waals surface area (Å²) in [5.41, 5.74) is -1.53. The Hall–Kier alpha value is -2.18. The maximum atomic E-state index is 13.6. The van der Waals surface area contributed by atoms with Gasteiger partial charge in [0, 0.05) is 42.2 Å². The van der Waals surface area contributed by atoms with Gasteiger partial charge < -0.3 is 10.4 Å². The summed E-state index contributed by atoms with van der Waals surface area (Å²) in [6.45, 7) is 0.768. The predicted molar refractivity (Wildman–Crippen MR) is 118 cm³/mol. The minimum absolute atomic E-state index is 0.0518. The molecular weight excluding hydrogens is 456 g/mol. The minimum atomic E-state index is -3.24. The molecule has 1 spiro atoms. The highest BCUT2D eigenvalue weighted by Crippen LogP contribution is 2.63. The van der Waals surface area contributed by atoms with Crippen molar-refractivity contribution in [2.24, 2.45) is 5.41 Å². The van der Waals surface area contributed by atoms with E-state index in [1.807, 2.05) is 0 Å². The lowest BCUT2D eigenvalue weighted by Gasteiger charge is -2.30. The third kappa shape index (κ3) is 3.91. The molecule has 2 aromatic heterocycles. The van der Waals surface area contributed by atoms with Crippen LogP contribution in [-0.2, 0) is 10.0 Å². The van der Waals surface area contributed by atoms with Gasteiger partial charge in [-0.15, -0.1) is 0 Å². The number of nitrogens with one attached hydrogen (secondary N) is 1. The number of alkyl halides is 2. The van der Waals surface area contributed by atoms with E-state index in [2.05, 4.69) is 15.3 Å². The van der Waals surface area contributed by atoms with Gasteiger partial charge in [0.15, 0.2) is 0 Å². The van der Waals surface area contributed by atoms with Crippen molar-refractivity contribution in [3.8, 4) is 0 Å². The van der Waals surface area contributed by atoms with Crippen LogP contribution >= 0.6 is 0 Å². The fourth-order valence-electron chi connectivity index (χ4n) is 5.48. The largest absolute Gasteiger partial charge is 0.392 e. The van der Waals surface area contributed by atoms with E-state index < -0.39 is 39.1 Å². The summed E-state index contributed by atoms with van der Waals surface area (Å²) in [6, 6.07) is 0.712. The van der Waals surface area contributed by atoms with E-state index in [0.29, 0.717) is 44.2 Å². The second-order valence-electron chi connectivity index (χ2n) is 9.47. The number of nitrogens with zero attached hydrogens (tertiary/aromatic N) is 4. The SMILES string of the molecule is CS(=O)(=O)N1CCC(Nc2ncc3cc(C(F)F)c(=O)n([C@@H]4CCC(O)C45CC5)c3n2)CC1. The maximum Gasteiger partial charge on any atom is 0.269 e. The Balaban J connectivity index is 1.50. The Labute approximate surface area is 189 Å². The fourth-order valence-corrected chi connectivity index (χ4v) is 6.35. The van der Waals surface area contributed by atoms with Crippen LogP contribution in [0.25, 0.3) is 11.0 Å². The first-order valence-corrected chi connectivity index (χ1v) is 13.0. The van der Waals surface area contributed by atoms with Crippen molar-refractivity contribution in [1.29, 1.82) is 0 Å². The summed E-state index contributed by atoms with van der Waals surface area (Å²) in [5, 5.41) is 14.0. The quantitative estimate of drug-likeness (QED) is 0.668. The van der Waals surface area contributed by atoms with Crippen molar-refractivity contribution in [3.63, 3.8) is 0 Å². The predicted octanol–water partition coefficient (Wildman–Crippen LogP) is 2.04. The van der Waals surface area contributed by atoms with E-state index in [0.717, 1.165) is 18.9 Å². The number of aliphatic hydroxyl groups excluding tert-OH is 1. The topological polar surface area (TPSA) is 117 Å². The van der Waals surface area contributed by atoms with Gasteiger partial charge in [0.2, 0.25) is 16.0 Å². The Morgan fingerprint density at radius 2 is 1.91 bits per heavy atom. The van der Waals surface area contributed by atoms with Crippen molar-refractivity contribution >= 4 is 27.0 Å². The molecule has 0 aromatic carbocycles. The number of anilines is 1. The fraction of sp³-hybridized carbons (Fsp3) is 0.667. The zero-order valence-corrected chi connectivity index (χ0v) is 19.1. The van der Waals surface area contributed by atoms with Crippen LogP contribution in [0.3, 0.4) is 0 Å². The van der Waals surface area contributed by atoms with Crippen LogP contribution < -0.4 is 10.9 Å². The molecule has 0 bridgehead atoms. The van der Waals surface area contributed by atoms with Gasteiger partial charge in [-0.25, -0.2) is 26.5 Å². The third-order valence-corrected chi connectivity index (χ3v) is 8.78.